The van der Waals surface area contributed by atoms with Crippen molar-refractivity contribution in [2.75, 3.05) is 6.61 Å². The van der Waals surface area contributed by atoms with E-state index in [1.54, 1.807) is 30.3 Å². The molecule has 0 saturated carbocycles. The van der Waals surface area contributed by atoms with Crippen molar-refractivity contribution in [2.45, 2.75) is 18.6 Å². The van der Waals surface area contributed by atoms with Crippen LogP contribution in [0.25, 0.3) is 0 Å². The highest BCUT2D eigenvalue weighted by Gasteiger charge is 2.13. The van der Waals surface area contributed by atoms with E-state index in [0.717, 1.165) is 0 Å². The average molecular weight is 252 g/mol. The molecule has 2 atom stereocenters. The minimum Gasteiger partial charge on any atom is -0.423 e. The summed E-state index contributed by atoms with van der Waals surface area (Å²) in [5.74, 6) is -0.130. The maximum atomic E-state index is 11.3. The van der Waals surface area contributed by atoms with Gasteiger partial charge in [-0.25, -0.2) is 4.79 Å². The van der Waals surface area contributed by atoms with Crippen LogP contribution in [0.15, 0.2) is 42.5 Å². The van der Waals surface area contributed by atoms with E-state index >= 15 is 0 Å². The van der Waals surface area contributed by atoms with Gasteiger partial charge in [-0.3, -0.25) is 0 Å². The highest BCUT2D eigenvalue weighted by molar-refractivity contribution is 5.83. The Morgan fingerprint density at radius 2 is 1.89 bits per heavy atom. The molecular weight excluding hydrogens is 236 g/mol. The number of hydrogen-bond donors (Lipinski definition) is 3. The number of carbonyl (C=O) groups is 1. The molecule has 1 aromatic rings. The van der Waals surface area contributed by atoms with E-state index in [1.165, 1.54) is 12.2 Å². The Labute approximate surface area is 105 Å². The van der Waals surface area contributed by atoms with Crippen LogP contribution >= 0.6 is 0 Å². The highest BCUT2D eigenvalue weighted by atomic mass is 16.5. The first-order valence-electron chi connectivity index (χ1n) is 5.54. The second-order valence-electron chi connectivity index (χ2n) is 3.69. The first-order chi connectivity index (χ1) is 8.63. The summed E-state index contributed by atoms with van der Waals surface area (Å²) in [5, 5.41) is 27.0. The lowest BCUT2D eigenvalue weighted by Gasteiger charge is -2.12. The quantitative estimate of drug-likeness (QED) is 0.384. The molecule has 0 saturated heterocycles. The van der Waals surface area contributed by atoms with Crippen LogP contribution in [-0.4, -0.2) is 40.1 Å². The van der Waals surface area contributed by atoms with Gasteiger partial charge in [-0.05, 0) is 18.6 Å². The molecule has 0 aromatic heterocycles. The lowest BCUT2D eigenvalue weighted by Crippen LogP contribution is -2.28. The third-order valence-corrected chi connectivity index (χ3v) is 2.22. The van der Waals surface area contributed by atoms with E-state index in [4.69, 9.17) is 14.9 Å². The highest BCUT2D eigenvalue weighted by Crippen LogP contribution is 2.08. The average Bonchev–Trinajstić information content (AvgIpc) is 2.38. The van der Waals surface area contributed by atoms with Crippen LogP contribution in [0.3, 0.4) is 0 Å². The minimum absolute atomic E-state index is 0.0611. The van der Waals surface area contributed by atoms with Gasteiger partial charge in [-0.2, -0.15) is 0 Å². The Bertz CT molecular complexity index is 388. The molecule has 0 bridgehead atoms. The Hall–Kier alpha value is -1.69. The van der Waals surface area contributed by atoms with Crippen molar-refractivity contribution >= 4 is 5.97 Å². The molecule has 18 heavy (non-hydrogen) atoms. The van der Waals surface area contributed by atoms with E-state index < -0.39 is 24.8 Å². The largest absolute Gasteiger partial charge is 0.423 e. The monoisotopic (exact) mass is 252 g/mol. The number of benzene rings is 1. The van der Waals surface area contributed by atoms with Gasteiger partial charge in [0.15, 0.2) is 0 Å². The van der Waals surface area contributed by atoms with Gasteiger partial charge in [0.05, 0.1) is 12.7 Å². The van der Waals surface area contributed by atoms with Gasteiger partial charge in [-0.1, -0.05) is 24.3 Å². The molecule has 98 valence electrons. The lowest BCUT2D eigenvalue weighted by atomic mass is 10.1. The summed E-state index contributed by atoms with van der Waals surface area (Å²) in [6.07, 6.45) is 0.302. The number of aliphatic hydroxyl groups is 3. The van der Waals surface area contributed by atoms with Gasteiger partial charge >= 0.3 is 5.97 Å². The van der Waals surface area contributed by atoms with Crippen molar-refractivity contribution in [3.8, 4) is 5.75 Å². The molecule has 1 aromatic carbocycles. The predicted molar refractivity (Wildman–Crippen MR) is 64.9 cm³/mol. The van der Waals surface area contributed by atoms with Gasteiger partial charge in [0.1, 0.15) is 11.9 Å². The smallest absolute Gasteiger partial charge is 0.335 e. The van der Waals surface area contributed by atoms with Crippen molar-refractivity contribution < 1.29 is 24.9 Å². The normalized spacial score (nSPS) is 14.4. The zero-order valence-corrected chi connectivity index (χ0v) is 9.77. The molecule has 0 aliphatic rings. The molecule has 5 nitrogen and oxygen atoms in total. The molecule has 0 amide bonds. The summed E-state index contributed by atoms with van der Waals surface area (Å²) in [6, 6.07) is 8.59. The van der Waals surface area contributed by atoms with Crippen LogP contribution in [-0.2, 0) is 4.79 Å². The minimum atomic E-state index is -1.21. The number of ether oxygens (including phenoxy) is 1. The van der Waals surface area contributed by atoms with Gasteiger partial charge in [0.25, 0.3) is 0 Å². The topological polar surface area (TPSA) is 87.0 Å². The Morgan fingerprint density at radius 1 is 1.22 bits per heavy atom. The lowest BCUT2D eigenvalue weighted by molar-refractivity contribution is -0.129. The van der Waals surface area contributed by atoms with Crippen molar-refractivity contribution in [1.29, 1.82) is 0 Å². The zero-order chi connectivity index (χ0) is 13.4. The number of para-hydroxylation sites is 1. The van der Waals surface area contributed by atoms with Crippen molar-refractivity contribution in [3.63, 3.8) is 0 Å². The van der Waals surface area contributed by atoms with Crippen molar-refractivity contribution in [2.24, 2.45) is 0 Å². The molecule has 0 aliphatic heterocycles. The number of rotatable bonds is 6. The number of hydrogen-bond acceptors (Lipinski definition) is 5. The fourth-order valence-corrected chi connectivity index (χ4v) is 1.22. The molecule has 0 fully saturated rings. The van der Waals surface area contributed by atoms with Crippen LogP contribution in [0.2, 0.25) is 0 Å². The second-order valence-corrected chi connectivity index (χ2v) is 3.69. The van der Waals surface area contributed by atoms with E-state index in [0.29, 0.717) is 5.75 Å². The molecule has 0 radical (unpaired) electrons. The van der Waals surface area contributed by atoms with Gasteiger partial charge < -0.3 is 20.1 Å². The van der Waals surface area contributed by atoms with Gasteiger partial charge in [-0.15, -0.1) is 0 Å². The first-order valence-corrected chi connectivity index (χ1v) is 5.54. The number of esters is 1. The van der Waals surface area contributed by atoms with E-state index in [1.807, 2.05) is 0 Å². The Morgan fingerprint density at radius 3 is 2.50 bits per heavy atom. The summed E-state index contributed by atoms with van der Waals surface area (Å²) in [7, 11) is 0. The third kappa shape index (κ3) is 5.09. The summed E-state index contributed by atoms with van der Waals surface area (Å²) >= 11 is 0. The fraction of sp³-hybridized carbons (Fsp3) is 0.308. The van der Waals surface area contributed by atoms with Crippen LogP contribution in [0, 0.1) is 0 Å². The van der Waals surface area contributed by atoms with Crippen LogP contribution in [0.1, 0.15) is 6.42 Å². The third-order valence-electron chi connectivity index (χ3n) is 2.22. The summed E-state index contributed by atoms with van der Waals surface area (Å²) in [4.78, 5) is 11.3. The summed E-state index contributed by atoms with van der Waals surface area (Å²) < 4.78 is 4.96. The van der Waals surface area contributed by atoms with Crippen LogP contribution in [0.5, 0.6) is 5.75 Å². The molecule has 0 spiro atoms. The first kappa shape index (κ1) is 14.4. The van der Waals surface area contributed by atoms with Gasteiger partial charge in [0, 0.05) is 6.08 Å². The maximum Gasteiger partial charge on any atom is 0.335 e. The number of carbonyl (C=O) groups excluding carboxylic acids is 1. The molecule has 0 unspecified atom stereocenters. The SMILES string of the molecule is O=C(/C=C/C[C@H](O)[C@H](O)CO)Oc1ccccc1. The predicted octanol–water partition coefficient (Wildman–Crippen LogP) is 0.252. The van der Waals surface area contributed by atoms with Crippen LogP contribution < -0.4 is 4.74 Å². The van der Waals surface area contributed by atoms with Crippen molar-refractivity contribution in [1.82, 2.24) is 0 Å². The second kappa shape index (κ2) is 7.60. The molecule has 0 heterocycles. The molecule has 1 rings (SSSR count). The summed E-state index contributed by atoms with van der Waals surface area (Å²) in [6.45, 7) is -0.524. The number of aliphatic hydroxyl groups excluding tert-OH is 3. The van der Waals surface area contributed by atoms with E-state index in [-0.39, 0.29) is 6.42 Å². The molecule has 0 aliphatic carbocycles. The molecular formula is C13H16O5. The maximum absolute atomic E-state index is 11.3. The van der Waals surface area contributed by atoms with Gasteiger partial charge in [0.2, 0.25) is 0 Å². The Kier molecular flexibility index (Phi) is 6.07. The fourth-order valence-electron chi connectivity index (χ4n) is 1.22. The Balaban J connectivity index is 2.36. The molecule has 5 heteroatoms. The van der Waals surface area contributed by atoms with Crippen molar-refractivity contribution in [3.05, 3.63) is 42.5 Å². The van der Waals surface area contributed by atoms with E-state index in [2.05, 4.69) is 0 Å². The summed E-state index contributed by atoms with van der Waals surface area (Å²) in [5.41, 5.74) is 0. The molecule has 3 N–H and O–H groups in total. The van der Waals surface area contributed by atoms with Crippen LogP contribution in [0.4, 0.5) is 0 Å². The standard InChI is InChI=1S/C13H16O5/c14-9-12(16)11(15)7-4-8-13(17)18-10-5-2-1-3-6-10/h1-6,8,11-12,14-16H,7,9H2/b8-4+/t11-,12+/m0/s1. The van der Waals surface area contributed by atoms with E-state index in [9.17, 15) is 9.90 Å². The zero-order valence-electron chi connectivity index (χ0n) is 9.77.